The van der Waals surface area contributed by atoms with Gasteiger partial charge in [-0.1, -0.05) is 24.3 Å². The molecule has 0 bridgehead atoms. The number of carbonyl (C=O) groups is 1. The van der Waals surface area contributed by atoms with E-state index in [-0.39, 0.29) is 5.91 Å². The third-order valence-corrected chi connectivity index (χ3v) is 6.30. The lowest BCUT2D eigenvalue weighted by atomic mass is 10.1. The molecule has 4 rings (SSSR count). The summed E-state index contributed by atoms with van der Waals surface area (Å²) >= 11 is 2.79. The molecule has 1 aliphatic rings. The number of alkyl halides is 3. The van der Waals surface area contributed by atoms with Gasteiger partial charge in [0.15, 0.2) is 5.13 Å². The Labute approximate surface area is 167 Å². The lowest BCUT2D eigenvalue weighted by Gasteiger charge is -2.26. The maximum atomic E-state index is 12.9. The molecule has 4 nitrogen and oxygen atoms in total. The van der Waals surface area contributed by atoms with Crippen LogP contribution in [-0.4, -0.2) is 22.3 Å². The van der Waals surface area contributed by atoms with E-state index in [2.05, 4.69) is 15.2 Å². The van der Waals surface area contributed by atoms with Crippen molar-refractivity contribution >= 4 is 33.7 Å². The van der Waals surface area contributed by atoms with Gasteiger partial charge in [-0.25, -0.2) is 4.98 Å². The normalized spacial score (nSPS) is 14.7. The number of nitrogens with zero attached hydrogens (tertiary/aromatic N) is 2. The Kier molecular flexibility index (Phi) is 5.22. The first-order chi connectivity index (χ1) is 13.4. The molecule has 1 amide bonds. The fourth-order valence-electron chi connectivity index (χ4n) is 3.11. The number of thiophene rings is 1. The second-order valence-electron chi connectivity index (χ2n) is 6.48. The highest BCUT2D eigenvalue weighted by molar-refractivity contribution is 7.16. The van der Waals surface area contributed by atoms with E-state index in [4.69, 9.17) is 0 Å². The van der Waals surface area contributed by atoms with Gasteiger partial charge in [-0.05, 0) is 23.1 Å². The first kappa shape index (κ1) is 19.1. The number of fused-ring (bicyclic) bond motifs is 1. The second-order valence-corrected chi connectivity index (χ2v) is 8.51. The summed E-state index contributed by atoms with van der Waals surface area (Å²) in [6.07, 6.45) is -3.63. The van der Waals surface area contributed by atoms with Gasteiger partial charge in [0, 0.05) is 30.9 Å². The van der Waals surface area contributed by atoms with Crippen LogP contribution in [0.4, 0.5) is 18.3 Å². The predicted molar refractivity (Wildman–Crippen MR) is 104 cm³/mol. The molecule has 1 aliphatic heterocycles. The fraction of sp³-hybridized carbons (Fsp3) is 0.263. The van der Waals surface area contributed by atoms with Crippen LogP contribution >= 0.6 is 22.7 Å². The molecule has 0 radical (unpaired) electrons. The Hall–Kier alpha value is -2.23. The third kappa shape index (κ3) is 4.26. The molecular formula is C19H16F3N3OS2. The van der Waals surface area contributed by atoms with E-state index in [1.54, 1.807) is 12.1 Å². The molecule has 3 aromatic rings. The number of halogens is 3. The summed E-state index contributed by atoms with van der Waals surface area (Å²) < 4.78 is 38.7. The minimum atomic E-state index is -4.33. The van der Waals surface area contributed by atoms with Crippen molar-refractivity contribution in [3.05, 3.63) is 68.4 Å². The Morgan fingerprint density at radius 1 is 1.25 bits per heavy atom. The van der Waals surface area contributed by atoms with Crippen molar-refractivity contribution in [2.24, 2.45) is 0 Å². The number of hydrogen-bond donors (Lipinski definition) is 1. The number of rotatable bonds is 4. The third-order valence-electron chi connectivity index (χ3n) is 4.44. The Morgan fingerprint density at radius 2 is 2.11 bits per heavy atom. The van der Waals surface area contributed by atoms with Crippen molar-refractivity contribution in [3.8, 4) is 0 Å². The van der Waals surface area contributed by atoms with Gasteiger partial charge < -0.3 is 0 Å². The van der Waals surface area contributed by atoms with Crippen molar-refractivity contribution in [3.63, 3.8) is 0 Å². The highest BCUT2D eigenvalue weighted by Gasteiger charge is 2.30. The maximum Gasteiger partial charge on any atom is 0.416 e. The first-order valence-electron chi connectivity index (χ1n) is 8.60. The van der Waals surface area contributed by atoms with Crippen LogP contribution in [0.1, 0.15) is 31.4 Å². The van der Waals surface area contributed by atoms with Crippen molar-refractivity contribution in [2.75, 3.05) is 11.9 Å². The van der Waals surface area contributed by atoms with Gasteiger partial charge in [-0.2, -0.15) is 13.2 Å². The summed E-state index contributed by atoms with van der Waals surface area (Å²) in [6.45, 7) is 1.77. The molecule has 0 aliphatic carbocycles. The molecular weight excluding hydrogens is 407 g/mol. The van der Waals surface area contributed by atoms with Crippen LogP contribution in [0.3, 0.4) is 0 Å². The predicted octanol–water partition coefficient (Wildman–Crippen LogP) is 5.03. The molecule has 0 saturated heterocycles. The van der Waals surface area contributed by atoms with Crippen molar-refractivity contribution in [2.45, 2.75) is 25.7 Å². The summed E-state index contributed by atoms with van der Waals surface area (Å²) in [5.41, 5.74) is 0.958. The minimum Gasteiger partial charge on any atom is -0.297 e. The van der Waals surface area contributed by atoms with Gasteiger partial charge in [0.1, 0.15) is 0 Å². The van der Waals surface area contributed by atoms with E-state index >= 15 is 0 Å². The van der Waals surface area contributed by atoms with Gasteiger partial charge in [0.25, 0.3) is 5.91 Å². The summed E-state index contributed by atoms with van der Waals surface area (Å²) in [4.78, 5) is 20.4. The largest absolute Gasteiger partial charge is 0.416 e. The minimum absolute atomic E-state index is 0.179. The molecule has 2 aromatic heterocycles. The highest BCUT2D eigenvalue weighted by Crippen LogP contribution is 2.32. The number of amides is 1. The fourth-order valence-corrected chi connectivity index (χ4v) is 4.77. The molecule has 9 heteroatoms. The average Bonchev–Trinajstić information content (AvgIpc) is 3.30. The number of carbonyl (C=O) groups excluding carboxylic acids is 1. The van der Waals surface area contributed by atoms with Crippen LogP contribution in [0.15, 0.2) is 41.8 Å². The highest BCUT2D eigenvalue weighted by atomic mass is 32.1. The zero-order chi connectivity index (χ0) is 19.7. The van der Waals surface area contributed by atoms with Crippen molar-refractivity contribution in [1.82, 2.24) is 9.88 Å². The molecule has 1 N–H and O–H groups in total. The standard InChI is InChI=1S/C19H16F3N3OS2/c20-19(21,22)13-4-1-3-12(9-13)10-25-7-6-14-16(11-25)28-18(23-14)24-17(26)15-5-2-8-27-15/h1-5,8-9H,6-7,10-11H2,(H,23,24,26). The Bertz CT molecular complexity index is 983. The van der Waals surface area contributed by atoms with Crippen LogP contribution in [0.2, 0.25) is 0 Å². The maximum absolute atomic E-state index is 12.9. The summed E-state index contributed by atoms with van der Waals surface area (Å²) in [7, 11) is 0. The first-order valence-corrected chi connectivity index (χ1v) is 10.3. The monoisotopic (exact) mass is 423 g/mol. The smallest absolute Gasteiger partial charge is 0.297 e. The van der Waals surface area contributed by atoms with Crippen molar-refractivity contribution < 1.29 is 18.0 Å². The van der Waals surface area contributed by atoms with E-state index < -0.39 is 11.7 Å². The van der Waals surface area contributed by atoms with Gasteiger partial charge in [0.05, 0.1) is 16.1 Å². The number of nitrogens with one attached hydrogen (secondary N) is 1. The topological polar surface area (TPSA) is 45.2 Å². The lowest BCUT2D eigenvalue weighted by Crippen LogP contribution is -2.29. The Balaban J connectivity index is 1.42. The van der Waals surface area contributed by atoms with Crippen LogP contribution < -0.4 is 5.32 Å². The van der Waals surface area contributed by atoms with Crippen LogP contribution in [0, 0.1) is 0 Å². The number of benzene rings is 1. The number of aromatic nitrogens is 1. The zero-order valence-corrected chi connectivity index (χ0v) is 16.3. The van der Waals surface area contributed by atoms with Crippen LogP contribution in [-0.2, 0) is 25.7 Å². The van der Waals surface area contributed by atoms with E-state index in [0.29, 0.717) is 41.6 Å². The average molecular weight is 423 g/mol. The summed E-state index contributed by atoms with van der Waals surface area (Å²) in [5.74, 6) is -0.179. The molecule has 0 spiro atoms. The lowest BCUT2D eigenvalue weighted by molar-refractivity contribution is -0.137. The number of thiazole rings is 1. The molecule has 0 unspecified atom stereocenters. The van der Waals surface area contributed by atoms with E-state index in [9.17, 15) is 18.0 Å². The van der Waals surface area contributed by atoms with Gasteiger partial charge in [0.2, 0.25) is 0 Å². The molecule has 0 atom stereocenters. The van der Waals surface area contributed by atoms with Crippen molar-refractivity contribution in [1.29, 1.82) is 0 Å². The van der Waals surface area contributed by atoms with E-state index in [0.717, 1.165) is 16.6 Å². The molecule has 3 heterocycles. The molecule has 146 valence electrons. The summed E-state index contributed by atoms with van der Waals surface area (Å²) in [6, 6.07) is 9.02. The molecule has 0 fully saturated rings. The molecule has 1 aromatic carbocycles. The SMILES string of the molecule is O=C(Nc1nc2c(s1)CN(Cc1cccc(C(F)(F)F)c1)CC2)c1cccs1. The molecule has 0 saturated carbocycles. The number of anilines is 1. The second kappa shape index (κ2) is 7.65. The quantitative estimate of drug-likeness (QED) is 0.640. The summed E-state index contributed by atoms with van der Waals surface area (Å²) in [5, 5.41) is 5.23. The molecule has 28 heavy (non-hydrogen) atoms. The van der Waals surface area contributed by atoms with E-state index in [1.807, 2.05) is 11.4 Å². The Morgan fingerprint density at radius 3 is 2.86 bits per heavy atom. The zero-order valence-electron chi connectivity index (χ0n) is 14.6. The van der Waals surface area contributed by atoms with Gasteiger partial charge in [-0.3, -0.25) is 15.0 Å². The van der Waals surface area contributed by atoms with Gasteiger partial charge in [-0.15, -0.1) is 22.7 Å². The number of hydrogen-bond acceptors (Lipinski definition) is 5. The van der Waals surface area contributed by atoms with Crippen LogP contribution in [0.5, 0.6) is 0 Å². The van der Waals surface area contributed by atoms with Gasteiger partial charge >= 0.3 is 6.18 Å². The van der Waals surface area contributed by atoms with Crippen LogP contribution in [0.25, 0.3) is 0 Å². The van der Waals surface area contributed by atoms with E-state index in [1.165, 1.54) is 34.8 Å².